The minimum atomic E-state index is -0.276. The van der Waals surface area contributed by atoms with Gasteiger partial charge in [-0.15, -0.1) is 0 Å². The van der Waals surface area contributed by atoms with Gasteiger partial charge in [-0.3, -0.25) is 0 Å². The molecule has 2 aromatic rings. The lowest BCUT2D eigenvalue weighted by Crippen LogP contribution is -2.29. The number of hydrogen-bond acceptors (Lipinski definition) is 2. The Kier molecular flexibility index (Phi) is 4.27. The first kappa shape index (κ1) is 14.5. The summed E-state index contributed by atoms with van der Waals surface area (Å²) in [6.07, 6.45) is 0.444. The van der Waals surface area contributed by atoms with E-state index in [9.17, 15) is 4.39 Å². The zero-order chi connectivity index (χ0) is 14.8. The Labute approximate surface area is 132 Å². The summed E-state index contributed by atoms with van der Waals surface area (Å²) < 4.78 is 21.0. The molecule has 21 heavy (non-hydrogen) atoms. The Morgan fingerprint density at radius 1 is 1.24 bits per heavy atom. The highest BCUT2D eigenvalue weighted by molar-refractivity contribution is 9.10. The van der Waals surface area contributed by atoms with E-state index in [1.807, 2.05) is 18.2 Å². The number of para-hydroxylation sites is 1. The van der Waals surface area contributed by atoms with Crippen LogP contribution in [0.1, 0.15) is 36.6 Å². The maximum Gasteiger partial charge on any atom is 0.130 e. The maximum absolute atomic E-state index is 14.1. The van der Waals surface area contributed by atoms with Gasteiger partial charge in [0.25, 0.3) is 0 Å². The Morgan fingerprint density at radius 3 is 2.86 bits per heavy atom. The van der Waals surface area contributed by atoms with Gasteiger partial charge >= 0.3 is 0 Å². The first-order valence-corrected chi connectivity index (χ1v) is 7.92. The molecule has 4 heteroatoms. The highest BCUT2D eigenvalue weighted by Gasteiger charge is 2.30. The molecule has 1 heterocycles. The Morgan fingerprint density at radius 2 is 2.05 bits per heavy atom. The SMILES string of the molecule is CCNC1CC(c2cc(Br)ccc2F)Oc2ccccc21. The predicted molar refractivity (Wildman–Crippen MR) is 84.9 cm³/mol. The maximum atomic E-state index is 14.1. The van der Waals surface area contributed by atoms with Gasteiger partial charge < -0.3 is 10.1 Å². The minimum Gasteiger partial charge on any atom is -0.485 e. The van der Waals surface area contributed by atoms with Crippen LogP contribution in [0.3, 0.4) is 0 Å². The second-order valence-corrected chi connectivity index (χ2v) is 6.07. The molecule has 1 aliphatic heterocycles. The third-order valence-corrected chi connectivity index (χ3v) is 4.26. The summed E-state index contributed by atoms with van der Waals surface area (Å²) in [4.78, 5) is 0. The lowest BCUT2D eigenvalue weighted by Gasteiger charge is -2.33. The molecule has 0 spiro atoms. The molecule has 0 radical (unpaired) electrons. The molecule has 0 aromatic heterocycles. The zero-order valence-electron chi connectivity index (χ0n) is 11.8. The zero-order valence-corrected chi connectivity index (χ0v) is 13.4. The molecule has 3 rings (SSSR count). The minimum absolute atomic E-state index is 0.184. The van der Waals surface area contributed by atoms with Crippen LogP contribution in [0.4, 0.5) is 4.39 Å². The normalized spacial score (nSPS) is 20.7. The van der Waals surface area contributed by atoms with Crippen molar-refractivity contribution in [3.8, 4) is 5.75 Å². The van der Waals surface area contributed by atoms with E-state index in [2.05, 4.69) is 34.2 Å². The van der Waals surface area contributed by atoms with E-state index in [4.69, 9.17) is 4.74 Å². The van der Waals surface area contributed by atoms with Gasteiger partial charge in [0.2, 0.25) is 0 Å². The number of hydrogen-bond donors (Lipinski definition) is 1. The van der Waals surface area contributed by atoms with Crippen LogP contribution in [0, 0.1) is 5.82 Å². The number of halogens is 2. The number of nitrogens with one attached hydrogen (secondary N) is 1. The lowest BCUT2D eigenvalue weighted by atomic mass is 9.92. The van der Waals surface area contributed by atoms with Crippen molar-refractivity contribution in [1.29, 1.82) is 0 Å². The van der Waals surface area contributed by atoms with E-state index in [0.29, 0.717) is 5.56 Å². The number of fused-ring (bicyclic) bond motifs is 1. The summed E-state index contributed by atoms with van der Waals surface area (Å²) in [6.45, 7) is 2.94. The van der Waals surface area contributed by atoms with Crippen LogP contribution in [0.25, 0.3) is 0 Å². The molecule has 2 atom stereocenters. The first-order valence-electron chi connectivity index (χ1n) is 7.13. The molecular formula is C17H17BrFNO. The average Bonchev–Trinajstić information content (AvgIpc) is 2.50. The van der Waals surface area contributed by atoms with Gasteiger partial charge in [0.1, 0.15) is 17.7 Å². The molecule has 110 valence electrons. The van der Waals surface area contributed by atoms with E-state index in [0.717, 1.165) is 28.8 Å². The highest BCUT2D eigenvalue weighted by Crippen LogP contribution is 2.41. The van der Waals surface area contributed by atoms with Gasteiger partial charge in [0.05, 0.1) is 0 Å². The van der Waals surface area contributed by atoms with Crippen LogP contribution < -0.4 is 10.1 Å². The molecule has 0 saturated carbocycles. The monoisotopic (exact) mass is 349 g/mol. The van der Waals surface area contributed by atoms with Crippen LogP contribution in [0.2, 0.25) is 0 Å². The number of ether oxygens (including phenoxy) is 1. The van der Waals surface area contributed by atoms with Crippen molar-refractivity contribution in [2.75, 3.05) is 6.54 Å². The molecule has 1 N–H and O–H groups in total. The molecule has 0 amide bonds. The quantitative estimate of drug-likeness (QED) is 0.862. The molecule has 1 aliphatic rings. The van der Waals surface area contributed by atoms with Crippen LogP contribution in [0.15, 0.2) is 46.9 Å². The van der Waals surface area contributed by atoms with Crippen LogP contribution >= 0.6 is 15.9 Å². The molecule has 0 aliphatic carbocycles. The van der Waals surface area contributed by atoms with Crippen molar-refractivity contribution in [2.24, 2.45) is 0 Å². The van der Waals surface area contributed by atoms with E-state index in [1.54, 1.807) is 12.1 Å². The van der Waals surface area contributed by atoms with Gasteiger partial charge in [0, 0.05) is 28.1 Å². The second-order valence-electron chi connectivity index (χ2n) is 5.16. The topological polar surface area (TPSA) is 21.3 Å². The van der Waals surface area contributed by atoms with Gasteiger partial charge in [-0.25, -0.2) is 4.39 Å². The van der Waals surface area contributed by atoms with Crippen molar-refractivity contribution >= 4 is 15.9 Å². The summed E-state index contributed by atoms with van der Waals surface area (Å²) in [5.74, 6) is 0.608. The molecule has 0 bridgehead atoms. The summed E-state index contributed by atoms with van der Waals surface area (Å²) in [5, 5.41) is 3.46. The van der Waals surface area contributed by atoms with Crippen molar-refractivity contribution < 1.29 is 9.13 Å². The highest BCUT2D eigenvalue weighted by atomic mass is 79.9. The largest absolute Gasteiger partial charge is 0.485 e. The summed E-state index contributed by atoms with van der Waals surface area (Å²) >= 11 is 3.40. The second kappa shape index (κ2) is 6.16. The van der Waals surface area contributed by atoms with Crippen LogP contribution in [-0.2, 0) is 0 Å². The Bertz CT molecular complexity index is 646. The van der Waals surface area contributed by atoms with Gasteiger partial charge in [-0.05, 0) is 30.8 Å². The van der Waals surface area contributed by atoms with Crippen LogP contribution in [0.5, 0.6) is 5.75 Å². The standard InChI is InChI=1S/C17H17BrFNO/c1-2-20-15-10-17(13-9-11(18)7-8-14(13)19)21-16-6-4-3-5-12(15)16/h3-9,15,17,20H,2,10H2,1H3. The molecule has 2 unspecified atom stereocenters. The summed E-state index contributed by atoms with van der Waals surface area (Å²) in [5.41, 5.74) is 1.74. The fourth-order valence-corrected chi connectivity index (χ4v) is 3.19. The van der Waals surface area contributed by atoms with Crippen molar-refractivity contribution in [1.82, 2.24) is 5.32 Å². The van der Waals surface area contributed by atoms with Crippen LogP contribution in [-0.4, -0.2) is 6.54 Å². The van der Waals surface area contributed by atoms with E-state index in [-0.39, 0.29) is 18.0 Å². The van der Waals surface area contributed by atoms with E-state index in [1.165, 1.54) is 6.07 Å². The fourth-order valence-electron chi connectivity index (χ4n) is 2.81. The number of benzene rings is 2. The van der Waals surface area contributed by atoms with Gasteiger partial charge in [0.15, 0.2) is 0 Å². The smallest absolute Gasteiger partial charge is 0.130 e. The number of rotatable bonds is 3. The third kappa shape index (κ3) is 2.97. The first-order chi connectivity index (χ1) is 10.2. The van der Waals surface area contributed by atoms with Gasteiger partial charge in [-0.2, -0.15) is 0 Å². The molecule has 0 fully saturated rings. The molecule has 0 saturated heterocycles. The van der Waals surface area contributed by atoms with Crippen molar-refractivity contribution in [3.05, 3.63) is 63.9 Å². The Hall–Kier alpha value is -1.39. The molecular weight excluding hydrogens is 333 g/mol. The predicted octanol–water partition coefficient (Wildman–Crippen LogP) is 4.76. The molecule has 2 nitrogen and oxygen atoms in total. The van der Waals surface area contributed by atoms with E-state index >= 15 is 0 Å². The molecule has 2 aromatic carbocycles. The lowest BCUT2D eigenvalue weighted by molar-refractivity contribution is 0.148. The summed E-state index contributed by atoms with van der Waals surface area (Å²) in [6, 6.07) is 13.1. The van der Waals surface area contributed by atoms with Crippen molar-refractivity contribution in [2.45, 2.75) is 25.5 Å². The average molecular weight is 350 g/mol. The summed E-state index contributed by atoms with van der Waals surface area (Å²) in [7, 11) is 0. The van der Waals surface area contributed by atoms with Gasteiger partial charge in [-0.1, -0.05) is 41.1 Å². The Balaban J connectivity index is 1.97. The van der Waals surface area contributed by atoms with Crippen molar-refractivity contribution in [3.63, 3.8) is 0 Å². The van der Waals surface area contributed by atoms with E-state index < -0.39 is 0 Å². The fraction of sp³-hybridized carbons (Fsp3) is 0.294. The third-order valence-electron chi connectivity index (χ3n) is 3.77.